The Bertz CT molecular complexity index is 1540. The van der Waals surface area contributed by atoms with Crippen LogP contribution >= 0.6 is 11.3 Å². The standard InChI is InChI=1S/C25H16FN3O5S/c1-13-2-4-15(5-3-13)22(30)20-21(14-6-9-17(10-7-14)29(33)34)28(24(32)23(20)31)25-27-18-11-8-16(26)12-19(18)35-25/h2-12,21,30H,1H3/t21-/m1/s1. The number of hydrogen-bond acceptors (Lipinski definition) is 7. The lowest BCUT2D eigenvalue weighted by Gasteiger charge is -2.22. The number of amides is 1. The number of non-ortho nitro benzene ring substituents is 1. The monoisotopic (exact) mass is 489 g/mol. The molecule has 1 saturated heterocycles. The fourth-order valence-corrected chi connectivity index (χ4v) is 5.00. The first-order valence-electron chi connectivity index (χ1n) is 10.4. The van der Waals surface area contributed by atoms with E-state index in [2.05, 4.69) is 4.98 Å². The molecular weight excluding hydrogens is 473 g/mol. The molecule has 3 aromatic carbocycles. The van der Waals surface area contributed by atoms with E-state index in [1.165, 1.54) is 42.5 Å². The fraction of sp³-hybridized carbons (Fsp3) is 0.0800. The first kappa shape index (κ1) is 22.4. The van der Waals surface area contributed by atoms with Crippen molar-refractivity contribution in [2.24, 2.45) is 0 Å². The molecule has 1 amide bonds. The summed E-state index contributed by atoms with van der Waals surface area (Å²) in [5.74, 6) is -2.68. The van der Waals surface area contributed by atoms with Crippen molar-refractivity contribution in [2.75, 3.05) is 4.90 Å². The first-order chi connectivity index (χ1) is 16.7. The zero-order valence-electron chi connectivity index (χ0n) is 18.1. The maximum atomic E-state index is 13.7. The zero-order valence-corrected chi connectivity index (χ0v) is 19.0. The van der Waals surface area contributed by atoms with E-state index < -0.39 is 28.5 Å². The van der Waals surface area contributed by atoms with Gasteiger partial charge in [-0.25, -0.2) is 9.37 Å². The highest BCUT2D eigenvalue weighted by Crippen LogP contribution is 2.44. The molecule has 1 fully saturated rings. The van der Waals surface area contributed by atoms with Gasteiger partial charge in [-0.05, 0) is 42.8 Å². The third-order valence-corrected chi connectivity index (χ3v) is 6.75. The first-order valence-corrected chi connectivity index (χ1v) is 11.2. The number of carbonyl (C=O) groups is 2. The summed E-state index contributed by atoms with van der Waals surface area (Å²) in [5, 5.41) is 22.4. The SMILES string of the molecule is Cc1ccc(C(O)=C2C(=O)C(=O)N(c3nc4ccc(F)cc4s3)[C@@H]2c2ccc([N+](=O)[O-])cc2)cc1. The van der Waals surface area contributed by atoms with Crippen molar-refractivity contribution in [3.63, 3.8) is 0 Å². The van der Waals surface area contributed by atoms with Gasteiger partial charge in [0.25, 0.3) is 11.5 Å². The molecule has 174 valence electrons. The maximum absolute atomic E-state index is 13.7. The van der Waals surface area contributed by atoms with Crippen LogP contribution in [0.4, 0.5) is 15.2 Å². The molecule has 1 aliphatic rings. The van der Waals surface area contributed by atoms with E-state index in [1.54, 1.807) is 24.3 Å². The Morgan fingerprint density at radius 2 is 1.77 bits per heavy atom. The third-order valence-electron chi connectivity index (χ3n) is 5.73. The van der Waals surface area contributed by atoms with Crippen LogP contribution in [0.15, 0.2) is 72.3 Å². The minimum atomic E-state index is -1.09. The second kappa shape index (κ2) is 8.41. The quantitative estimate of drug-likeness (QED) is 0.137. The van der Waals surface area contributed by atoms with Gasteiger partial charge in [-0.1, -0.05) is 41.2 Å². The van der Waals surface area contributed by atoms with Crippen LogP contribution in [0.3, 0.4) is 0 Å². The molecule has 4 aromatic rings. The lowest BCUT2D eigenvalue weighted by molar-refractivity contribution is -0.384. The molecule has 1 N–H and O–H groups in total. The molecule has 0 saturated carbocycles. The smallest absolute Gasteiger partial charge is 0.301 e. The van der Waals surface area contributed by atoms with Crippen LogP contribution in [-0.4, -0.2) is 26.7 Å². The number of fused-ring (bicyclic) bond motifs is 1. The number of nitro benzene ring substituents is 1. The number of rotatable bonds is 4. The lowest BCUT2D eigenvalue weighted by Crippen LogP contribution is -2.29. The Balaban J connectivity index is 1.72. The van der Waals surface area contributed by atoms with Gasteiger partial charge in [-0.15, -0.1) is 0 Å². The number of carbonyl (C=O) groups excluding carboxylic acids is 2. The second-order valence-electron chi connectivity index (χ2n) is 7.99. The summed E-state index contributed by atoms with van der Waals surface area (Å²) in [4.78, 5) is 42.6. The van der Waals surface area contributed by atoms with Gasteiger partial charge in [0.15, 0.2) is 5.13 Å². The minimum Gasteiger partial charge on any atom is -0.507 e. The molecule has 2 heterocycles. The Labute approximate surface area is 201 Å². The predicted molar refractivity (Wildman–Crippen MR) is 129 cm³/mol. The van der Waals surface area contributed by atoms with E-state index in [-0.39, 0.29) is 22.2 Å². The van der Waals surface area contributed by atoms with Gasteiger partial charge in [0.2, 0.25) is 0 Å². The fourth-order valence-electron chi connectivity index (χ4n) is 3.98. The number of aliphatic hydroxyl groups is 1. The molecule has 0 radical (unpaired) electrons. The Morgan fingerprint density at radius 3 is 2.43 bits per heavy atom. The van der Waals surface area contributed by atoms with Gasteiger partial charge in [-0.3, -0.25) is 24.6 Å². The van der Waals surface area contributed by atoms with Gasteiger partial charge in [0.05, 0.1) is 26.8 Å². The Morgan fingerprint density at radius 1 is 1.09 bits per heavy atom. The minimum absolute atomic E-state index is 0.138. The number of Topliss-reactive ketones (excluding diaryl/α,β-unsaturated/α-hetero) is 1. The van der Waals surface area contributed by atoms with Gasteiger partial charge < -0.3 is 5.11 Å². The van der Waals surface area contributed by atoms with Crippen molar-refractivity contribution >= 4 is 49.8 Å². The van der Waals surface area contributed by atoms with Crippen molar-refractivity contribution in [3.05, 3.63) is 105 Å². The summed E-state index contributed by atoms with van der Waals surface area (Å²) in [6, 6.07) is 15.0. The zero-order chi connectivity index (χ0) is 24.9. The van der Waals surface area contributed by atoms with Crippen molar-refractivity contribution < 1.29 is 24.0 Å². The highest BCUT2D eigenvalue weighted by Gasteiger charge is 2.48. The van der Waals surface area contributed by atoms with Gasteiger partial charge >= 0.3 is 5.91 Å². The van der Waals surface area contributed by atoms with Crippen molar-refractivity contribution in [2.45, 2.75) is 13.0 Å². The molecule has 8 nitrogen and oxygen atoms in total. The van der Waals surface area contributed by atoms with Crippen LogP contribution in [-0.2, 0) is 9.59 Å². The number of benzene rings is 3. The molecule has 0 spiro atoms. The summed E-state index contributed by atoms with van der Waals surface area (Å²) in [6.45, 7) is 1.87. The van der Waals surface area contributed by atoms with Crippen LogP contribution in [0, 0.1) is 22.9 Å². The van der Waals surface area contributed by atoms with E-state index in [1.807, 2.05) is 6.92 Å². The van der Waals surface area contributed by atoms with E-state index in [0.717, 1.165) is 21.8 Å². The summed E-state index contributed by atoms with van der Waals surface area (Å²) in [5.41, 5.74) is 1.75. The average molecular weight is 489 g/mol. The van der Waals surface area contributed by atoms with Crippen molar-refractivity contribution in [1.29, 1.82) is 0 Å². The van der Waals surface area contributed by atoms with Crippen LogP contribution in [0.2, 0.25) is 0 Å². The van der Waals surface area contributed by atoms with Gasteiger partial charge in [-0.2, -0.15) is 0 Å². The predicted octanol–water partition coefficient (Wildman–Crippen LogP) is 5.28. The van der Waals surface area contributed by atoms with Crippen LogP contribution in [0.1, 0.15) is 22.7 Å². The number of anilines is 1. The number of nitro groups is 1. The number of hydrogen-bond donors (Lipinski definition) is 1. The van der Waals surface area contributed by atoms with Gasteiger partial charge in [0, 0.05) is 17.7 Å². The Kier molecular flexibility index (Phi) is 5.37. The van der Waals surface area contributed by atoms with E-state index in [4.69, 9.17) is 0 Å². The number of aryl methyl sites for hydroxylation is 1. The molecule has 0 bridgehead atoms. The van der Waals surface area contributed by atoms with Crippen molar-refractivity contribution in [3.8, 4) is 0 Å². The summed E-state index contributed by atoms with van der Waals surface area (Å²) in [7, 11) is 0. The lowest BCUT2D eigenvalue weighted by atomic mass is 9.95. The molecule has 0 aliphatic carbocycles. The normalized spacial score (nSPS) is 17.3. The maximum Gasteiger partial charge on any atom is 0.301 e. The molecule has 1 atom stereocenters. The average Bonchev–Trinajstić information content (AvgIpc) is 3.37. The van der Waals surface area contributed by atoms with Crippen LogP contribution in [0.25, 0.3) is 16.0 Å². The van der Waals surface area contributed by atoms with E-state index in [9.17, 15) is 29.2 Å². The number of thiazole rings is 1. The number of halogens is 1. The largest absolute Gasteiger partial charge is 0.507 e. The van der Waals surface area contributed by atoms with E-state index >= 15 is 0 Å². The highest BCUT2D eigenvalue weighted by molar-refractivity contribution is 7.22. The third kappa shape index (κ3) is 3.83. The molecule has 10 heteroatoms. The number of aromatic nitrogens is 1. The van der Waals surface area contributed by atoms with E-state index in [0.29, 0.717) is 21.3 Å². The van der Waals surface area contributed by atoms with Crippen molar-refractivity contribution in [1.82, 2.24) is 4.98 Å². The number of ketones is 1. The van der Waals surface area contributed by atoms with Crippen LogP contribution < -0.4 is 4.90 Å². The molecule has 5 rings (SSSR count). The molecular formula is C25H16FN3O5S. The Hall–Kier alpha value is -4.44. The second-order valence-corrected chi connectivity index (χ2v) is 9.00. The highest BCUT2D eigenvalue weighted by atomic mass is 32.1. The van der Waals surface area contributed by atoms with Crippen LogP contribution in [0.5, 0.6) is 0 Å². The number of nitrogens with zero attached hydrogens (tertiary/aromatic N) is 3. The molecule has 1 aliphatic heterocycles. The summed E-state index contributed by atoms with van der Waals surface area (Å²) < 4.78 is 14.2. The summed E-state index contributed by atoms with van der Waals surface area (Å²) >= 11 is 1.02. The molecule has 35 heavy (non-hydrogen) atoms. The van der Waals surface area contributed by atoms with Gasteiger partial charge in [0.1, 0.15) is 11.6 Å². The topological polar surface area (TPSA) is 114 Å². The summed E-state index contributed by atoms with van der Waals surface area (Å²) in [6.07, 6.45) is 0. The number of aliphatic hydroxyl groups excluding tert-OH is 1. The molecule has 1 aromatic heterocycles. The molecule has 0 unspecified atom stereocenters.